The first-order chi connectivity index (χ1) is 20.7. The minimum absolute atomic E-state index is 0.1000. The van der Waals surface area contributed by atoms with Gasteiger partial charge in [-0.1, -0.05) is 30.3 Å². The fourth-order valence-corrected chi connectivity index (χ4v) is 5.31. The number of hydroxylamine groups is 3. The average Bonchev–Trinajstić information content (AvgIpc) is 3.17. The molecule has 3 fully saturated rings. The number of amides is 5. The van der Waals surface area contributed by atoms with E-state index in [4.69, 9.17) is 19.1 Å². The molecule has 3 heterocycles. The Bertz CT molecular complexity index is 1130. The van der Waals surface area contributed by atoms with Gasteiger partial charge in [0.15, 0.2) is 6.29 Å². The van der Waals surface area contributed by atoms with E-state index >= 15 is 0 Å². The van der Waals surface area contributed by atoms with Gasteiger partial charge in [0.1, 0.15) is 23.9 Å². The van der Waals surface area contributed by atoms with Crippen molar-refractivity contribution < 1.29 is 38.3 Å². The van der Waals surface area contributed by atoms with E-state index in [1.165, 1.54) is 9.96 Å². The van der Waals surface area contributed by atoms with Gasteiger partial charge in [-0.05, 0) is 72.8 Å². The van der Waals surface area contributed by atoms with Crippen molar-refractivity contribution >= 4 is 24.1 Å². The van der Waals surface area contributed by atoms with E-state index in [0.29, 0.717) is 45.3 Å². The van der Waals surface area contributed by atoms with Crippen LogP contribution in [0.2, 0.25) is 0 Å². The van der Waals surface area contributed by atoms with Gasteiger partial charge in [-0.15, -0.1) is 0 Å². The van der Waals surface area contributed by atoms with E-state index in [9.17, 15) is 19.2 Å². The summed E-state index contributed by atoms with van der Waals surface area (Å²) < 4.78 is 10.7. The zero-order valence-electron chi connectivity index (χ0n) is 26.5. The Morgan fingerprint density at radius 1 is 0.886 bits per heavy atom. The minimum Gasteiger partial charge on any atom is -0.444 e. The van der Waals surface area contributed by atoms with Crippen LogP contribution in [-0.2, 0) is 30.6 Å². The number of alkyl carbamates (subject to hydrolysis) is 2. The lowest BCUT2D eigenvalue weighted by Crippen LogP contribution is -2.61. The van der Waals surface area contributed by atoms with Crippen LogP contribution in [0.5, 0.6) is 0 Å². The van der Waals surface area contributed by atoms with Crippen LogP contribution < -0.4 is 16.1 Å². The highest BCUT2D eigenvalue weighted by Gasteiger charge is 2.48. The van der Waals surface area contributed by atoms with Crippen LogP contribution in [0, 0.1) is 0 Å². The Balaban J connectivity index is 1.25. The molecule has 0 spiro atoms. The molecule has 244 valence electrons. The maximum Gasteiger partial charge on any atom is 0.410 e. The summed E-state index contributed by atoms with van der Waals surface area (Å²) in [6.45, 7) is 12.1. The standard InChI is InChI=1S/C30H46N6O8/c1-29(2,3)42-26(38)31-25(32-27(39)43-30(4,5)6)34-16-14-22(15-17-34)44-33-24(37)23-13-12-21-18-35(23)28(40)36(21)41-19-20-10-8-7-9-11-20/h7-11,21-23,25H,12-19H2,1-6H3,(H,31,38)(H,32,39)(H,33,37)/t21-,23+/m1/s1. The number of ether oxygens (including phenoxy) is 2. The van der Waals surface area contributed by atoms with Crippen LogP contribution in [0.25, 0.3) is 0 Å². The van der Waals surface area contributed by atoms with Crippen molar-refractivity contribution in [3.8, 4) is 0 Å². The Morgan fingerprint density at radius 3 is 2.05 bits per heavy atom. The second kappa shape index (κ2) is 14.0. The number of likely N-dealkylation sites (tertiary alicyclic amines) is 1. The van der Waals surface area contributed by atoms with Gasteiger partial charge in [0.2, 0.25) is 0 Å². The van der Waals surface area contributed by atoms with Gasteiger partial charge < -0.3 is 14.4 Å². The van der Waals surface area contributed by atoms with E-state index < -0.39 is 35.7 Å². The number of urea groups is 1. The van der Waals surface area contributed by atoms with Crippen LogP contribution in [-0.4, -0.2) is 94.3 Å². The lowest BCUT2D eigenvalue weighted by Gasteiger charge is -2.38. The zero-order valence-corrected chi connectivity index (χ0v) is 26.5. The van der Waals surface area contributed by atoms with Gasteiger partial charge in [0, 0.05) is 19.6 Å². The van der Waals surface area contributed by atoms with Gasteiger partial charge in [0.25, 0.3) is 5.91 Å². The number of rotatable bonds is 9. The lowest BCUT2D eigenvalue weighted by molar-refractivity contribution is -0.147. The van der Waals surface area contributed by atoms with Crippen molar-refractivity contribution in [3.63, 3.8) is 0 Å². The molecule has 3 N–H and O–H groups in total. The number of piperidine rings is 2. The topological polar surface area (TPSA) is 151 Å². The molecule has 2 bridgehead atoms. The first-order valence-corrected chi connectivity index (χ1v) is 15.1. The SMILES string of the molecule is CC(C)(C)OC(=O)NC(NC(=O)OC(C)(C)C)N1CCC(ONC(=O)[C@@H]2CC[C@@H]3CN2C(=O)N3OCc2ccccc2)CC1. The third kappa shape index (κ3) is 9.44. The fourth-order valence-electron chi connectivity index (χ4n) is 5.31. The number of benzene rings is 1. The predicted octanol–water partition coefficient (Wildman–Crippen LogP) is 3.23. The summed E-state index contributed by atoms with van der Waals surface area (Å²) in [4.78, 5) is 66.1. The molecule has 1 aromatic rings. The molecule has 0 aliphatic carbocycles. The molecule has 0 radical (unpaired) electrons. The zero-order chi connectivity index (χ0) is 32.1. The molecular formula is C30H46N6O8. The summed E-state index contributed by atoms with van der Waals surface area (Å²) in [7, 11) is 0. The molecular weight excluding hydrogens is 572 g/mol. The molecule has 3 aliphatic heterocycles. The highest BCUT2D eigenvalue weighted by molar-refractivity contribution is 5.88. The fraction of sp³-hybridized carbons (Fsp3) is 0.667. The Kier molecular flexibility index (Phi) is 10.6. The molecule has 0 unspecified atom stereocenters. The van der Waals surface area contributed by atoms with Crippen LogP contribution in [0.15, 0.2) is 30.3 Å². The normalized spacial score (nSPS) is 21.3. The van der Waals surface area contributed by atoms with E-state index in [2.05, 4.69) is 16.1 Å². The maximum absolute atomic E-state index is 13.1. The van der Waals surface area contributed by atoms with Crippen molar-refractivity contribution in [2.24, 2.45) is 0 Å². The van der Waals surface area contributed by atoms with Crippen molar-refractivity contribution in [2.75, 3.05) is 19.6 Å². The molecule has 4 rings (SSSR count). The van der Waals surface area contributed by atoms with E-state index in [0.717, 1.165) is 5.56 Å². The van der Waals surface area contributed by atoms with Crippen LogP contribution in [0.1, 0.15) is 72.8 Å². The summed E-state index contributed by atoms with van der Waals surface area (Å²) in [5.74, 6) is -0.375. The first kappa shape index (κ1) is 33.3. The van der Waals surface area contributed by atoms with Crippen molar-refractivity contribution in [3.05, 3.63) is 35.9 Å². The summed E-state index contributed by atoms with van der Waals surface area (Å²) >= 11 is 0. The molecule has 44 heavy (non-hydrogen) atoms. The van der Waals surface area contributed by atoms with Gasteiger partial charge >= 0.3 is 18.2 Å². The molecule has 14 nitrogen and oxygen atoms in total. The first-order valence-electron chi connectivity index (χ1n) is 15.1. The number of nitrogens with one attached hydrogen (secondary N) is 3. The molecule has 0 saturated carbocycles. The molecule has 1 aromatic carbocycles. The van der Waals surface area contributed by atoms with Crippen LogP contribution in [0.4, 0.5) is 14.4 Å². The van der Waals surface area contributed by atoms with Gasteiger partial charge in [-0.2, -0.15) is 5.06 Å². The monoisotopic (exact) mass is 618 g/mol. The summed E-state index contributed by atoms with van der Waals surface area (Å²) in [6.07, 6.45) is -0.362. The summed E-state index contributed by atoms with van der Waals surface area (Å²) in [5, 5.41) is 6.79. The lowest BCUT2D eigenvalue weighted by atomic mass is 10.0. The third-order valence-electron chi connectivity index (χ3n) is 7.31. The maximum atomic E-state index is 13.1. The Morgan fingerprint density at radius 2 is 1.48 bits per heavy atom. The van der Waals surface area contributed by atoms with E-state index in [1.807, 2.05) is 35.2 Å². The highest BCUT2D eigenvalue weighted by atomic mass is 16.7. The smallest absolute Gasteiger partial charge is 0.410 e. The van der Waals surface area contributed by atoms with E-state index in [-0.39, 0.29) is 30.7 Å². The molecule has 14 heteroatoms. The number of fused-ring (bicyclic) bond motifs is 2. The molecule has 3 saturated heterocycles. The van der Waals surface area contributed by atoms with Crippen molar-refractivity contribution in [1.82, 2.24) is 31.0 Å². The molecule has 0 aromatic heterocycles. The third-order valence-corrected chi connectivity index (χ3v) is 7.31. The second-order valence-corrected chi connectivity index (χ2v) is 13.3. The molecule has 2 atom stereocenters. The number of carbonyl (C=O) groups is 4. The Hall–Kier alpha value is -3.62. The predicted molar refractivity (Wildman–Crippen MR) is 158 cm³/mol. The highest BCUT2D eigenvalue weighted by Crippen LogP contribution is 2.30. The van der Waals surface area contributed by atoms with Crippen LogP contribution >= 0.6 is 0 Å². The van der Waals surface area contributed by atoms with Gasteiger partial charge in [-0.25, -0.2) is 19.9 Å². The van der Waals surface area contributed by atoms with Crippen LogP contribution in [0.3, 0.4) is 0 Å². The molecule has 5 amide bonds. The van der Waals surface area contributed by atoms with Crippen molar-refractivity contribution in [2.45, 2.75) is 110 Å². The van der Waals surface area contributed by atoms with Gasteiger partial charge in [-0.3, -0.25) is 30.0 Å². The summed E-state index contributed by atoms with van der Waals surface area (Å²) in [6, 6.07) is 8.54. The number of hydrogen-bond acceptors (Lipinski definition) is 9. The largest absolute Gasteiger partial charge is 0.444 e. The quantitative estimate of drug-likeness (QED) is 0.280. The Labute approximate surface area is 258 Å². The van der Waals surface area contributed by atoms with E-state index in [1.54, 1.807) is 41.5 Å². The summed E-state index contributed by atoms with van der Waals surface area (Å²) in [5.41, 5.74) is 2.09. The minimum atomic E-state index is -0.876. The number of nitrogens with zero attached hydrogens (tertiary/aromatic N) is 3. The number of hydrogen-bond donors (Lipinski definition) is 3. The molecule has 3 aliphatic rings. The van der Waals surface area contributed by atoms with Crippen molar-refractivity contribution in [1.29, 1.82) is 0 Å². The van der Waals surface area contributed by atoms with Gasteiger partial charge in [0.05, 0.1) is 12.1 Å². The second-order valence-electron chi connectivity index (χ2n) is 13.3. The average molecular weight is 619 g/mol. The number of carbonyl (C=O) groups excluding carboxylic acids is 4.